The van der Waals surface area contributed by atoms with Gasteiger partial charge in [-0.2, -0.15) is 0 Å². The van der Waals surface area contributed by atoms with Gasteiger partial charge in [0.1, 0.15) is 0 Å². The zero-order valence-corrected chi connectivity index (χ0v) is 45.2. The van der Waals surface area contributed by atoms with Gasteiger partial charge in [0.2, 0.25) is 0 Å². The molecule has 2 aliphatic carbocycles. The van der Waals surface area contributed by atoms with Crippen LogP contribution in [0.4, 0.5) is 34.1 Å². The third kappa shape index (κ3) is 7.26. The number of rotatable bonds is 4. The van der Waals surface area contributed by atoms with Crippen LogP contribution in [0.15, 0.2) is 127 Å². The second-order valence-corrected chi connectivity index (χ2v) is 26.6. The van der Waals surface area contributed by atoms with Crippen LogP contribution < -0.4 is 26.2 Å². The van der Waals surface area contributed by atoms with Crippen LogP contribution in [0.3, 0.4) is 0 Å². The Balaban J connectivity index is 1.26. The predicted octanol–water partition coefficient (Wildman–Crippen LogP) is 16.6. The Labute approximate surface area is 421 Å². The number of benzene rings is 7. The summed E-state index contributed by atoms with van der Waals surface area (Å²) in [5.41, 5.74) is 28.3. The average molecular weight is 919 g/mol. The molecule has 0 atom stereocenters. The van der Waals surface area contributed by atoms with Gasteiger partial charge in [-0.3, -0.25) is 0 Å². The van der Waals surface area contributed by atoms with E-state index in [0.29, 0.717) is 0 Å². The van der Waals surface area contributed by atoms with Gasteiger partial charge in [0.05, 0.1) is 5.69 Å². The minimum absolute atomic E-state index is 0.00908. The summed E-state index contributed by atoms with van der Waals surface area (Å²) in [6, 6.07) is 50.8. The van der Waals surface area contributed by atoms with Gasteiger partial charge >= 0.3 is 0 Å². The lowest BCUT2D eigenvalue weighted by Crippen LogP contribution is -2.61. The van der Waals surface area contributed by atoms with Crippen LogP contribution >= 0.6 is 0 Å². The number of hydrogen-bond acceptors (Lipinski definition) is 2. The molecular formula is C67H75BN2. The van der Waals surface area contributed by atoms with Crippen molar-refractivity contribution in [3.05, 3.63) is 172 Å². The van der Waals surface area contributed by atoms with E-state index < -0.39 is 0 Å². The first kappa shape index (κ1) is 46.6. The topological polar surface area (TPSA) is 6.48 Å². The summed E-state index contributed by atoms with van der Waals surface area (Å²) in [6.45, 7) is 38.4. The van der Waals surface area contributed by atoms with Crippen molar-refractivity contribution in [2.24, 2.45) is 0 Å². The molecule has 3 heteroatoms. The lowest BCUT2D eigenvalue weighted by atomic mass is 9.33. The summed E-state index contributed by atoms with van der Waals surface area (Å²) in [5, 5.41) is 0. The minimum atomic E-state index is -0.0341. The molecule has 0 aromatic heterocycles. The van der Waals surface area contributed by atoms with Gasteiger partial charge in [-0.1, -0.05) is 182 Å². The SMILES string of the molecule is Cc1cc2c3c(c1)N(c1ccc(C(C)(C)C)cc1-c1ccc4c(c1)C(C)(C)CCC4(C)C)c1cc4c(cc1B3c1cc(-c3ccccc3)ccc1N2c1ccc(C(C)(C)C)cc1C)C(C)(C)CC4(C)C. The first-order chi connectivity index (χ1) is 32.7. The molecule has 0 amide bonds. The molecule has 11 rings (SSSR count). The largest absolute Gasteiger partial charge is 0.311 e. The second kappa shape index (κ2) is 15.4. The van der Waals surface area contributed by atoms with Crippen molar-refractivity contribution in [2.45, 2.75) is 163 Å². The summed E-state index contributed by atoms with van der Waals surface area (Å²) in [5.74, 6) is 0. The highest BCUT2D eigenvalue weighted by Gasteiger charge is 2.49. The first-order valence-electron chi connectivity index (χ1n) is 26.3. The van der Waals surface area contributed by atoms with Gasteiger partial charge in [-0.05, 0) is 186 Å². The number of hydrogen-bond donors (Lipinski definition) is 0. The Morgan fingerprint density at radius 1 is 0.414 bits per heavy atom. The normalized spacial score (nSPS) is 17.9. The molecule has 70 heavy (non-hydrogen) atoms. The summed E-state index contributed by atoms with van der Waals surface area (Å²) in [6.07, 6.45) is 3.49. The van der Waals surface area contributed by atoms with E-state index in [1.165, 1.54) is 130 Å². The molecule has 0 spiro atoms. The van der Waals surface area contributed by atoms with Crippen molar-refractivity contribution >= 4 is 57.2 Å². The zero-order chi connectivity index (χ0) is 49.8. The van der Waals surface area contributed by atoms with E-state index in [1.807, 2.05) is 0 Å². The molecule has 0 saturated carbocycles. The fourth-order valence-electron chi connectivity index (χ4n) is 13.5. The second-order valence-electron chi connectivity index (χ2n) is 26.6. The number of fused-ring (bicyclic) bond motifs is 6. The monoisotopic (exact) mass is 919 g/mol. The molecule has 2 aliphatic heterocycles. The average Bonchev–Trinajstić information content (AvgIpc) is 3.48. The van der Waals surface area contributed by atoms with E-state index in [4.69, 9.17) is 0 Å². The van der Waals surface area contributed by atoms with Crippen LogP contribution in [0.5, 0.6) is 0 Å². The third-order valence-electron chi connectivity index (χ3n) is 17.4. The van der Waals surface area contributed by atoms with Crippen molar-refractivity contribution in [3.63, 3.8) is 0 Å². The highest BCUT2D eigenvalue weighted by molar-refractivity contribution is 7.00. The maximum Gasteiger partial charge on any atom is 0.252 e. The quantitative estimate of drug-likeness (QED) is 0.162. The minimum Gasteiger partial charge on any atom is -0.311 e. The predicted molar refractivity (Wildman–Crippen MR) is 304 cm³/mol. The molecule has 2 heterocycles. The Morgan fingerprint density at radius 2 is 0.943 bits per heavy atom. The van der Waals surface area contributed by atoms with E-state index in [0.717, 1.165) is 6.42 Å². The van der Waals surface area contributed by atoms with E-state index in [2.05, 4.69) is 248 Å². The van der Waals surface area contributed by atoms with Crippen LogP contribution in [-0.4, -0.2) is 6.71 Å². The van der Waals surface area contributed by atoms with Crippen molar-refractivity contribution in [1.82, 2.24) is 0 Å². The summed E-state index contributed by atoms with van der Waals surface area (Å²) < 4.78 is 0. The van der Waals surface area contributed by atoms with E-state index in [1.54, 1.807) is 0 Å². The van der Waals surface area contributed by atoms with Gasteiger partial charge < -0.3 is 9.80 Å². The molecule has 7 aromatic carbocycles. The molecule has 0 unspecified atom stereocenters. The molecular weight excluding hydrogens is 844 g/mol. The number of nitrogens with zero attached hydrogens (tertiary/aromatic N) is 2. The number of aryl methyl sites for hydroxylation is 2. The maximum absolute atomic E-state index is 2.72. The Kier molecular flexibility index (Phi) is 10.2. The Bertz CT molecular complexity index is 3290. The molecule has 0 fully saturated rings. The highest BCUT2D eigenvalue weighted by Crippen LogP contribution is 2.55. The molecule has 7 aromatic rings. The first-order valence-corrected chi connectivity index (χ1v) is 26.3. The van der Waals surface area contributed by atoms with Crippen LogP contribution in [0, 0.1) is 13.8 Å². The maximum atomic E-state index is 2.72. The summed E-state index contributed by atoms with van der Waals surface area (Å²) in [4.78, 5) is 5.34. The fourth-order valence-corrected chi connectivity index (χ4v) is 13.5. The summed E-state index contributed by atoms with van der Waals surface area (Å²) >= 11 is 0. The van der Waals surface area contributed by atoms with Gasteiger partial charge in [-0.15, -0.1) is 0 Å². The standard InChI is InChI=1S/C67H75BN2/c1-41-32-59-61-60(33-41)70(56-29-25-47(63(6,7)8)37-48(56)45-22-26-49-50(35-45)65(11,12)31-30-64(49,9)10)58-39-52-51(66(13,14)40-67(52,15)16)38-54(58)68(61)53-36-44(43-20-18-17-19-21-43)23-27-57(53)69(59)55-28-24-46(34-42(55)2)62(3,4)5/h17-29,32-39H,30-31,40H2,1-16H3. The third-order valence-corrected chi connectivity index (χ3v) is 17.4. The van der Waals surface area contributed by atoms with Gasteiger partial charge in [0, 0.05) is 34.0 Å². The van der Waals surface area contributed by atoms with Crippen molar-refractivity contribution < 1.29 is 0 Å². The smallest absolute Gasteiger partial charge is 0.252 e. The fraction of sp³-hybridized carbons (Fsp3) is 0.373. The van der Waals surface area contributed by atoms with Crippen LogP contribution in [0.25, 0.3) is 22.3 Å². The zero-order valence-electron chi connectivity index (χ0n) is 45.2. The number of anilines is 6. The van der Waals surface area contributed by atoms with E-state index >= 15 is 0 Å². The van der Waals surface area contributed by atoms with Gasteiger partial charge in [0.15, 0.2) is 0 Å². The lowest BCUT2D eigenvalue weighted by Gasteiger charge is -2.46. The Hall–Kier alpha value is -5.80. The van der Waals surface area contributed by atoms with Crippen LogP contribution in [0.1, 0.15) is 161 Å². The lowest BCUT2D eigenvalue weighted by molar-refractivity contribution is 0.332. The van der Waals surface area contributed by atoms with Gasteiger partial charge in [0.25, 0.3) is 6.71 Å². The van der Waals surface area contributed by atoms with Crippen molar-refractivity contribution in [2.75, 3.05) is 9.80 Å². The molecule has 2 nitrogen and oxygen atoms in total. The molecule has 356 valence electrons. The molecule has 4 aliphatic rings. The van der Waals surface area contributed by atoms with Crippen molar-refractivity contribution in [3.8, 4) is 22.3 Å². The van der Waals surface area contributed by atoms with E-state index in [-0.39, 0.29) is 39.2 Å². The highest BCUT2D eigenvalue weighted by atomic mass is 15.2. The molecule has 0 saturated heterocycles. The van der Waals surface area contributed by atoms with E-state index in [9.17, 15) is 0 Å². The molecule has 0 bridgehead atoms. The Morgan fingerprint density at radius 3 is 1.57 bits per heavy atom. The summed E-state index contributed by atoms with van der Waals surface area (Å²) in [7, 11) is 0. The van der Waals surface area contributed by atoms with Gasteiger partial charge in [-0.25, -0.2) is 0 Å². The van der Waals surface area contributed by atoms with Crippen LogP contribution in [0.2, 0.25) is 0 Å². The molecule has 0 N–H and O–H groups in total. The molecule has 0 radical (unpaired) electrons. The van der Waals surface area contributed by atoms with Crippen LogP contribution in [-0.2, 0) is 32.5 Å². The van der Waals surface area contributed by atoms with Crippen molar-refractivity contribution in [1.29, 1.82) is 0 Å².